The van der Waals surface area contributed by atoms with Crippen molar-refractivity contribution < 1.29 is 24.2 Å². The van der Waals surface area contributed by atoms with E-state index >= 15 is 0 Å². The summed E-state index contributed by atoms with van der Waals surface area (Å²) in [6, 6.07) is 22.9. The van der Waals surface area contributed by atoms with E-state index in [4.69, 9.17) is 4.74 Å². The summed E-state index contributed by atoms with van der Waals surface area (Å²) in [6.07, 6.45) is 0. The smallest absolute Gasteiger partial charge is 0.301 e. The summed E-state index contributed by atoms with van der Waals surface area (Å²) in [5, 5.41) is 11.6. The molecule has 1 amide bonds. The predicted octanol–water partition coefficient (Wildman–Crippen LogP) is 6.17. The van der Waals surface area contributed by atoms with Crippen molar-refractivity contribution >= 4 is 39.7 Å². The monoisotopic (exact) mass is 538 g/mol. The van der Waals surface area contributed by atoms with E-state index < -0.39 is 17.7 Å². The SMILES string of the molecule is CC(=O)c1sc(N2C(=O)C(=O)/C(=C(/O)c3ccc(C)cc3)C2c2cccc(OCc3ccccc3)c2)nc1C. The number of ether oxygens (including phenoxy) is 1. The lowest BCUT2D eigenvalue weighted by Crippen LogP contribution is -2.29. The van der Waals surface area contributed by atoms with Gasteiger partial charge in [-0.25, -0.2) is 4.98 Å². The van der Waals surface area contributed by atoms with Gasteiger partial charge in [-0.05, 0) is 37.1 Å². The molecule has 1 unspecified atom stereocenters. The molecule has 4 aromatic rings. The molecule has 1 saturated heterocycles. The third-order valence-corrected chi connectivity index (χ3v) is 7.76. The lowest BCUT2D eigenvalue weighted by atomic mass is 9.95. The van der Waals surface area contributed by atoms with Gasteiger partial charge in [0.05, 0.1) is 22.2 Å². The summed E-state index contributed by atoms with van der Waals surface area (Å²) < 4.78 is 6.01. The third-order valence-electron chi connectivity index (χ3n) is 6.50. The number of hydrogen-bond acceptors (Lipinski definition) is 7. The maximum atomic E-state index is 13.5. The average molecular weight is 539 g/mol. The zero-order valence-corrected chi connectivity index (χ0v) is 22.5. The normalized spacial score (nSPS) is 16.5. The van der Waals surface area contributed by atoms with Crippen LogP contribution in [0.15, 0.2) is 84.4 Å². The molecule has 8 heteroatoms. The number of aromatic nitrogens is 1. The Kier molecular flexibility index (Phi) is 7.13. The quantitative estimate of drug-likeness (QED) is 0.131. The highest BCUT2D eigenvalue weighted by Gasteiger charge is 2.48. The van der Waals surface area contributed by atoms with Crippen LogP contribution in [-0.2, 0) is 16.2 Å². The number of carbonyl (C=O) groups excluding carboxylic acids is 3. The Morgan fingerprint density at radius 3 is 2.38 bits per heavy atom. The number of aliphatic hydroxyl groups excluding tert-OH is 1. The number of benzene rings is 3. The molecule has 39 heavy (non-hydrogen) atoms. The van der Waals surface area contributed by atoms with Crippen LogP contribution in [0.1, 0.15) is 50.6 Å². The van der Waals surface area contributed by atoms with Gasteiger partial charge in [0, 0.05) is 12.5 Å². The first-order valence-corrected chi connectivity index (χ1v) is 13.2. The predicted molar refractivity (Wildman–Crippen MR) is 150 cm³/mol. The Morgan fingerprint density at radius 2 is 1.72 bits per heavy atom. The van der Waals surface area contributed by atoms with E-state index in [-0.39, 0.29) is 22.2 Å². The molecule has 0 saturated carbocycles. The van der Waals surface area contributed by atoms with Crippen molar-refractivity contribution in [3.05, 3.63) is 117 Å². The molecule has 0 spiro atoms. The molecule has 196 valence electrons. The molecule has 2 heterocycles. The molecule has 3 aromatic carbocycles. The van der Waals surface area contributed by atoms with Crippen LogP contribution in [0.25, 0.3) is 5.76 Å². The molecule has 1 fully saturated rings. The topological polar surface area (TPSA) is 96.8 Å². The largest absolute Gasteiger partial charge is 0.507 e. The van der Waals surface area contributed by atoms with Crippen molar-refractivity contribution in [1.82, 2.24) is 4.98 Å². The number of Topliss-reactive ketones (excluding diaryl/α,β-unsaturated/α-hetero) is 2. The Bertz CT molecular complexity index is 1610. The van der Waals surface area contributed by atoms with E-state index in [1.165, 1.54) is 11.8 Å². The number of carbonyl (C=O) groups is 3. The molecule has 0 bridgehead atoms. The van der Waals surface area contributed by atoms with Crippen molar-refractivity contribution in [2.75, 3.05) is 4.90 Å². The third kappa shape index (κ3) is 5.11. The van der Waals surface area contributed by atoms with Crippen molar-refractivity contribution in [3.8, 4) is 5.75 Å². The Morgan fingerprint density at radius 1 is 1.00 bits per heavy atom. The number of hydrogen-bond donors (Lipinski definition) is 1. The Balaban J connectivity index is 1.63. The molecular formula is C31H26N2O5S. The summed E-state index contributed by atoms with van der Waals surface area (Å²) in [5.74, 6) is -1.58. The summed E-state index contributed by atoms with van der Waals surface area (Å²) in [5.41, 5.74) is 3.37. The Hall–Kier alpha value is -4.56. The summed E-state index contributed by atoms with van der Waals surface area (Å²) in [6.45, 7) is 5.37. The molecular weight excluding hydrogens is 512 g/mol. The van der Waals surface area contributed by atoms with Crippen LogP contribution in [0.3, 0.4) is 0 Å². The molecule has 1 aliphatic heterocycles. The van der Waals surface area contributed by atoms with Gasteiger partial charge >= 0.3 is 5.91 Å². The van der Waals surface area contributed by atoms with E-state index in [0.29, 0.717) is 34.1 Å². The molecule has 1 atom stereocenters. The van der Waals surface area contributed by atoms with Crippen LogP contribution >= 0.6 is 11.3 Å². The zero-order chi connectivity index (χ0) is 27.7. The fraction of sp³-hybridized carbons (Fsp3) is 0.161. The summed E-state index contributed by atoms with van der Waals surface area (Å²) >= 11 is 1.05. The number of aryl methyl sites for hydroxylation is 2. The molecule has 7 nitrogen and oxygen atoms in total. The van der Waals surface area contributed by atoms with Gasteiger partial charge in [-0.3, -0.25) is 19.3 Å². The van der Waals surface area contributed by atoms with Crippen molar-refractivity contribution in [2.24, 2.45) is 0 Å². The fourth-order valence-corrected chi connectivity index (χ4v) is 5.53. The van der Waals surface area contributed by atoms with E-state index in [2.05, 4.69) is 4.98 Å². The molecule has 1 N–H and O–H groups in total. The average Bonchev–Trinajstić information content (AvgIpc) is 3.45. The second-order valence-corrected chi connectivity index (χ2v) is 10.3. The second-order valence-electron chi connectivity index (χ2n) is 9.35. The molecule has 5 rings (SSSR count). The van der Waals surface area contributed by atoms with Gasteiger partial charge < -0.3 is 9.84 Å². The van der Waals surface area contributed by atoms with Crippen molar-refractivity contribution in [1.29, 1.82) is 0 Å². The summed E-state index contributed by atoms with van der Waals surface area (Å²) in [7, 11) is 0. The number of rotatable bonds is 7. The standard InChI is InChI=1S/C31H26N2O5S/c1-18-12-14-22(15-13-18)27(35)25-26(23-10-7-11-24(16-23)38-17-21-8-5-4-6-9-21)33(30(37)28(25)36)31-32-19(2)29(39-31)20(3)34/h4-16,26,35H,17H2,1-3H3/b27-25+. The lowest BCUT2D eigenvalue weighted by Gasteiger charge is -2.23. The highest BCUT2D eigenvalue weighted by molar-refractivity contribution is 7.18. The summed E-state index contributed by atoms with van der Waals surface area (Å²) in [4.78, 5) is 45.2. The van der Waals surface area contributed by atoms with Crippen LogP contribution in [0, 0.1) is 13.8 Å². The van der Waals surface area contributed by atoms with Gasteiger partial charge in [-0.15, -0.1) is 0 Å². The zero-order valence-electron chi connectivity index (χ0n) is 21.7. The van der Waals surface area contributed by atoms with Gasteiger partial charge in [0.25, 0.3) is 5.78 Å². The minimum Gasteiger partial charge on any atom is -0.507 e. The van der Waals surface area contributed by atoms with Gasteiger partial charge in [-0.1, -0.05) is 83.6 Å². The van der Waals surface area contributed by atoms with Gasteiger partial charge in [0.15, 0.2) is 10.9 Å². The maximum Gasteiger partial charge on any atom is 0.301 e. The number of thiazole rings is 1. The molecule has 0 aliphatic carbocycles. The van der Waals surface area contributed by atoms with Crippen LogP contribution in [-0.4, -0.2) is 27.6 Å². The minimum atomic E-state index is -0.975. The molecule has 0 radical (unpaired) electrons. The lowest BCUT2D eigenvalue weighted by molar-refractivity contribution is -0.132. The number of nitrogens with zero attached hydrogens (tertiary/aromatic N) is 2. The van der Waals surface area contributed by atoms with Crippen LogP contribution in [0.2, 0.25) is 0 Å². The Labute approximate surface area is 230 Å². The van der Waals surface area contributed by atoms with Gasteiger partial charge in [-0.2, -0.15) is 0 Å². The van der Waals surface area contributed by atoms with E-state index in [1.807, 2.05) is 49.4 Å². The van der Waals surface area contributed by atoms with E-state index in [9.17, 15) is 19.5 Å². The first kappa shape index (κ1) is 26.1. The number of ketones is 2. The second kappa shape index (κ2) is 10.7. The highest BCUT2D eigenvalue weighted by Crippen LogP contribution is 2.44. The number of amides is 1. The highest BCUT2D eigenvalue weighted by atomic mass is 32.1. The first-order valence-electron chi connectivity index (χ1n) is 12.4. The maximum absolute atomic E-state index is 13.5. The van der Waals surface area contributed by atoms with Gasteiger partial charge in [0.2, 0.25) is 0 Å². The van der Waals surface area contributed by atoms with E-state index in [0.717, 1.165) is 22.5 Å². The van der Waals surface area contributed by atoms with Crippen LogP contribution in [0.4, 0.5) is 5.13 Å². The van der Waals surface area contributed by atoms with Crippen LogP contribution < -0.4 is 9.64 Å². The minimum absolute atomic E-state index is 0.0544. The van der Waals surface area contributed by atoms with Gasteiger partial charge in [0.1, 0.15) is 18.1 Å². The number of anilines is 1. The van der Waals surface area contributed by atoms with Crippen molar-refractivity contribution in [3.63, 3.8) is 0 Å². The van der Waals surface area contributed by atoms with Crippen molar-refractivity contribution in [2.45, 2.75) is 33.4 Å². The van der Waals surface area contributed by atoms with Crippen LogP contribution in [0.5, 0.6) is 5.75 Å². The molecule has 1 aromatic heterocycles. The van der Waals surface area contributed by atoms with E-state index in [1.54, 1.807) is 43.3 Å². The fourth-order valence-electron chi connectivity index (χ4n) is 4.54. The molecule has 1 aliphatic rings. The first-order chi connectivity index (χ1) is 18.7. The number of aliphatic hydroxyl groups is 1.